The molecule has 4 N–H and O–H groups in total. The predicted octanol–water partition coefficient (Wildman–Crippen LogP) is 2.71. The largest absolute Gasteiger partial charge is 0.398 e. The SMILES string of the molecule is C=C/C=C(N)/C(C)=C1/C=CC(C(/C)=c2/cc/c(=C(\C)C(C)=N)[nH]2)=N1. The number of nitrogens with two attached hydrogens (primary N) is 1. The Hall–Kier alpha value is -2.88. The molecule has 1 aromatic rings. The molecule has 4 heteroatoms. The lowest BCUT2D eigenvalue weighted by molar-refractivity contribution is 1.22. The van der Waals surface area contributed by atoms with Gasteiger partial charge in [-0.2, -0.15) is 0 Å². The molecule has 0 saturated carbocycles. The third-order valence-electron chi connectivity index (χ3n) is 4.20. The van der Waals surface area contributed by atoms with E-state index in [0.29, 0.717) is 11.4 Å². The predicted molar refractivity (Wildman–Crippen MR) is 103 cm³/mol. The van der Waals surface area contributed by atoms with Crippen LogP contribution in [0.25, 0.3) is 11.1 Å². The van der Waals surface area contributed by atoms with Gasteiger partial charge in [0.2, 0.25) is 0 Å². The number of hydrogen-bond acceptors (Lipinski definition) is 3. The molecule has 0 aromatic carbocycles. The monoisotopic (exact) mass is 320 g/mol. The minimum Gasteiger partial charge on any atom is -0.398 e. The van der Waals surface area contributed by atoms with Gasteiger partial charge in [-0.15, -0.1) is 0 Å². The third kappa shape index (κ3) is 3.54. The Balaban J connectivity index is 2.50. The van der Waals surface area contributed by atoms with E-state index in [1.165, 1.54) is 0 Å². The van der Waals surface area contributed by atoms with E-state index < -0.39 is 0 Å². The highest BCUT2D eigenvalue weighted by atomic mass is 14.8. The van der Waals surface area contributed by atoms with Gasteiger partial charge in [-0.25, -0.2) is 4.99 Å². The molecule has 0 aliphatic carbocycles. The number of rotatable bonds is 4. The quantitative estimate of drug-likeness (QED) is 0.579. The molecule has 24 heavy (non-hydrogen) atoms. The number of H-pyrrole nitrogens is 1. The van der Waals surface area contributed by atoms with Crippen LogP contribution in [0.1, 0.15) is 27.7 Å². The first-order valence-corrected chi connectivity index (χ1v) is 7.84. The maximum atomic E-state index is 7.74. The van der Waals surface area contributed by atoms with Crippen molar-refractivity contribution in [2.75, 3.05) is 0 Å². The zero-order chi connectivity index (χ0) is 17.9. The smallest absolute Gasteiger partial charge is 0.0687 e. The van der Waals surface area contributed by atoms with Crippen LogP contribution in [-0.2, 0) is 0 Å². The van der Waals surface area contributed by atoms with Gasteiger partial charge in [0.1, 0.15) is 0 Å². The van der Waals surface area contributed by atoms with Crippen LogP contribution in [0, 0.1) is 5.41 Å². The van der Waals surface area contributed by atoms with Crippen LogP contribution in [0.5, 0.6) is 0 Å². The van der Waals surface area contributed by atoms with E-state index in [1.54, 1.807) is 19.1 Å². The number of allylic oxidation sites excluding steroid dienone is 5. The van der Waals surface area contributed by atoms with E-state index in [-0.39, 0.29) is 0 Å². The zero-order valence-corrected chi connectivity index (χ0v) is 14.7. The van der Waals surface area contributed by atoms with E-state index in [4.69, 9.17) is 11.1 Å². The molecule has 1 aromatic heterocycles. The fourth-order valence-corrected chi connectivity index (χ4v) is 2.35. The first-order chi connectivity index (χ1) is 11.3. The maximum Gasteiger partial charge on any atom is 0.0687 e. The summed E-state index contributed by atoms with van der Waals surface area (Å²) >= 11 is 0. The second-order valence-electron chi connectivity index (χ2n) is 5.86. The van der Waals surface area contributed by atoms with Crippen molar-refractivity contribution in [3.05, 3.63) is 70.7 Å². The molecule has 0 amide bonds. The van der Waals surface area contributed by atoms with E-state index in [1.807, 2.05) is 45.1 Å². The molecule has 0 atom stereocenters. The van der Waals surface area contributed by atoms with Crippen molar-refractivity contribution >= 4 is 22.6 Å². The van der Waals surface area contributed by atoms with Crippen molar-refractivity contribution < 1.29 is 0 Å². The van der Waals surface area contributed by atoms with Crippen LogP contribution in [0.3, 0.4) is 0 Å². The summed E-state index contributed by atoms with van der Waals surface area (Å²) in [5.74, 6) is 0. The maximum absolute atomic E-state index is 7.74. The Kier molecular flexibility index (Phi) is 5.19. The molecule has 1 aliphatic rings. The Bertz CT molecular complexity index is 931. The molecular weight excluding hydrogens is 296 g/mol. The number of nitrogens with zero attached hydrogens (tertiary/aromatic N) is 1. The fourth-order valence-electron chi connectivity index (χ4n) is 2.35. The fraction of sp³-hybridized carbons (Fsp3) is 0.200. The first kappa shape index (κ1) is 17.5. The summed E-state index contributed by atoms with van der Waals surface area (Å²) in [6.07, 6.45) is 7.41. The summed E-state index contributed by atoms with van der Waals surface area (Å²) < 4.78 is 0. The second-order valence-corrected chi connectivity index (χ2v) is 5.86. The lowest BCUT2D eigenvalue weighted by atomic mass is 10.1. The highest BCUT2D eigenvalue weighted by molar-refractivity contribution is 6.25. The topological polar surface area (TPSA) is 78.0 Å². The molecule has 4 nitrogen and oxygen atoms in total. The molecule has 0 saturated heterocycles. The molecule has 0 unspecified atom stereocenters. The standard InChI is InChI=1S/C20H24N4/c1-6-7-16(22)13(3)18-9-11-20(24-18)14(4)19-10-8-17(23-19)12(2)15(5)21/h6-11,21,23H,1,22H2,2-5H3/b16-7-,17-12-,18-13-,19-14-,21-15?. The summed E-state index contributed by atoms with van der Waals surface area (Å²) in [7, 11) is 0. The van der Waals surface area contributed by atoms with Crippen molar-refractivity contribution in [3.8, 4) is 0 Å². The molecular formula is C20H24N4. The van der Waals surface area contributed by atoms with E-state index in [9.17, 15) is 0 Å². The summed E-state index contributed by atoms with van der Waals surface area (Å²) in [6, 6.07) is 4.02. The van der Waals surface area contributed by atoms with E-state index in [2.05, 4.69) is 16.6 Å². The number of aromatic amines is 1. The van der Waals surface area contributed by atoms with E-state index >= 15 is 0 Å². The molecule has 0 spiro atoms. The van der Waals surface area contributed by atoms with Crippen LogP contribution in [0.15, 0.2) is 65.0 Å². The van der Waals surface area contributed by atoms with Crippen LogP contribution in [0.4, 0.5) is 0 Å². The minimum absolute atomic E-state index is 0.560. The lowest BCUT2D eigenvalue weighted by Crippen LogP contribution is -2.17. The summed E-state index contributed by atoms with van der Waals surface area (Å²) in [5, 5.41) is 9.71. The third-order valence-corrected chi connectivity index (χ3v) is 4.20. The molecule has 2 heterocycles. The molecule has 0 radical (unpaired) electrons. The van der Waals surface area contributed by atoms with E-state index in [0.717, 1.165) is 38.8 Å². The molecule has 124 valence electrons. The van der Waals surface area contributed by atoms with Crippen LogP contribution in [-0.4, -0.2) is 16.4 Å². The van der Waals surface area contributed by atoms with Gasteiger partial charge in [-0.3, -0.25) is 0 Å². The lowest BCUT2D eigenvalue weighted by Gasteiger charge is -2.02. The van der Waals surface area contributed by atoms with Crippen molar-refractivity contribution in [1.82, 2.24) is 4.98 Å². The average molecular weight is 320 g/mol. The Morgan fingerprint density at radius 3 is 2.42 bits per heavy atom. The summed E-state index contributed by atoms with van der Waals surface area (Å²) in [6.45, 7) is 11.4. The first-order valence-electron chi connectivity index (χ1n) is 7.84. The van der Waals surface area contributed by atoms with Gasteiger partial charge in [0.05, 0.1) is 11.4 Å². The Labute approximate surface area is 142 Å². The van der Waals surface area contributed by atoms with Crippen LogP contribution >= 0.6 is 0 Å². The number of aliphatic imine (C=N–C) groups is 1. The number of nitrogens with one attached hydrogen (secondary N) is 2. The summed E-state index contributed by atoms with van der Waals surface area (Å²) in [4.78, 5) is 8.04. The van der Waals surface area contributed by atoms with Crippen LogP contribution in [0.2, 0.25) is 0 Å². The Morgan fingerprint density at radius 2 is 1.79 bits per heavy atom. The van der Waals surface area contributed by atoms with Gasteiger partial charge in [-0.1, -0.05) is 12.7 Å². The van der Waals surface area contributed by atoms with Gasteiger partial charge >= 0.3 is 0 Å². The minimum atomic E-state index is 0.560. The summed E-state index contributed by atoms with van der Waals surface area (Å²) in [5.41, 5.74) is 11.9. The van der Waals surface area contributed by atoms with Gasteiger partial charge in [0.15, 0.2) is 0 Å². The van der Waals surface area contributed by atoms with Gasteiger partial charge in [0.25, 0.3) is 0 Å². The van der Waals surface area contributed by atoms with Crippen molar-refractivity contribution in [2.24, 2.45) is 10.7 Å². The normalized spacial score (nSPS) is 19.0. The molecule has 1 aliphatic heterocycles. The van der Waals surface area contributed by atoms with Gasteiger partial charge in [-0.05, 0) is 74.8 Å². The average Bonchev–Trinajstić information content (AvgIpc) is 3.22. The van der Waals surface area contributed by atoms with Crippen molar-refractivity contribution in [2.45, 2.75) is 27.7 Å². The molecule has 0 bridgehead atoms. The van der Waals surface area contributed by atoms with Crippen molar-refractivity contribution in [3.63, 3.8) is 0 Å². The highest BCUT2D eigenvalue weighted by Crippen LogP contribution is 2.20. The van der Waals surface area contributed by atoms with Crippen molar-refractivity contribution in [1.29, 1.82) is 5.41 Å². The van der Waals surface area contributed by atoms with Gasteiger partial charge in [0, 0.05) is 22.1 Å². The number of aromatic nitrogens is 1. The van der Waals surface area contributed by atoms with Crippen LogP contribution < -0.4 is 16.4 Å². The molecule has 0 fully saturated rings. The van der Waals surface area contributed by atoms with Gasteiger partial charge < -0.3 is 16.1 Å². The number of hydrogen-bond donors (Lipinski definition) is 3. The molecule has 2 rings (SSSR count). The zero-order valence-electron chi connectivity index (χ0n) is 14.7. The Morgan fingerprint density at radius 1 is 1.12 bits per heavy atom. The second kappa shape index (κ2) is 7.13. The highest BCUT2D eigenvalue weighted by Gasteiger charge is 2.10.